The van der Waals surface area contributed by atoms with Crippen molar-refractivity contribution in [3.63, 3.8) is 0 Å². The van der Waals surface area contributed by atoms with Gasteiger partial charge in [-0.15, -0.1) is 0 Å². The van der Waals surface area contributed by atoms with Crippen LogP contribution in [0.25, 0.3) is 6.08 Å². The molecule has 0 saturated carbocycles. The molecule has 8 heteroatoms. The molecule has 3 aromatic rings. The number of carbonyl (C=O) groups excluding carboxylic acids is 2. The first kappa shape index (κ1) is 23.9. The molecule has 0 aliphatic carbocycles. The van der Waals surface area contributed by atoms with Crippen LogP contribution in [0.3, 0.4) is 0 Å². The van der Waals surface area contributed by atoms with Gasteiger partial charge in [0.25, 0.3) is 11.8 Å². The Bertz CT molecular complexity index is 1290. The summed E-state index contributed by atoms with van der Waals surface area (Å²) < 4.78 is 12.3. The Morgan fingerprint density at radius 3 is 2.44 bits per heavy atom. The smallest absolute Gasteiger partial charge is 0.270 e. The summed E-state index contributed by atoms with van der Waals surface area (Å²) in [5.41, 5.74) is 3.27. The van der Waals surface area contributed by atoms with E-state index in [1.165, 1.54) is 11.0 Å². The molecule has 0 aromatic heterocycles. The maximum Gasteiger partial charge on any atom is 0.270 e. The van der Waals surface area contributed by atoms with Crippen LogP contribution in [0.1, 0.15) is 16.7 Å². The number of ether oxygens (including phenoxy) is 2. The molecule has 0 bridgehead atoms. The van der Waals surface area contributed by atoms with Gasteiger partial charge in [-0.2, -0.15) is 0 Å². The predicted molar refractivity (Wildman–Crippen MR) is 144 cm³/mol. The quantitative estimate of drug-likeness (QED) is 0.191. The summed E-state index contributed by atoms with van der Waals surface area (Å²) in [6.45, 7) is 2.34. The van der Waals surface area contributed by atoms with Crippen molar-refractivity contribution in [2.24, 2.45) is 0 Å². The van der Waals surface area contributed by atoms with Gasteiger partial charge in [0.15, 0.2) is 16.6 Å². The molecule has 34 heavy (non-hydrogen) atoms. The molecular formula is C26H21IN2O4S. The van der Waals surface area contributed by atoms with E-state index in [0.29, 0.717) is 29.4 Å². The van der Waals surface area contributed by atoms with Crippen molar-refractivity contribution < 1.29 is 19.1 Å². The second kappa shape index (κ2) is 10.4. The van der Waals surface area contributed by atoms with Gasteiger partial charge in [-0.25, -0.2) is 0 Å². The first-order valence-electron chi connectivity index (χ1n) is 10.4. The van der Waals surface area contributed by atoms with Gasteiger partial charge in [-0.3, -0.25) is 19.8 Å². The van der Waals surface area contributed by atoms with Crippen LogP contribution in [0.4, 0.5) is 5.69 Å². The van der Waals surface area contributed by atoms with E-state index in [0.717, 1.165) is 14.7 Å². The lowest BCUT2D eigenvalue weighted by Gasteiger charge is -2.29. The lowest BCUT2D eigenvalue weighted by atomic mass is 10.1. The molecule has 6 nitrogen and oxygen atoms in total. The summed E-state index contributed by atoms with van der Waals surface area (Å²) in [6, 6.07) is 20.7. The highest BCUT2D eigenvalue weighted by molar-refractivity contribution is 14.1. The number of thiocarbonyl (C=S) groups is 1. The van der Waals surface area contributed by atoms with Gasteiger partial charge < -0.3 is 9.47 Å². The molecule has 1 aliphatic heterocycles. The molecule has 0 spiro atoms. The van der Waals surface area contributed by atoms with Crippen molar-refractivity contribution in [3.8, 4) is 11.5 Å². The number of aryl methyl sites for hydroxylation is 1. The van der Waals surface area contributed by atoms with Crippen LogP contribution in [-0.4, -0.2) is 24.0 Å². The Balaban J connectivity index is 1.64. The lowest BCUT2D eigenvalue weighted by Crippen LogP contribution is -2.54. The van der Waals surface area contributed by atoms with Crippen LogP contribution < -0.4 is 19.7 Å². The average Bonchev–Trinajstić information content (AvgIpc) is 2.82. The van der Waals surface area contributed by atoms with E-state index < -0.39 is 11.8 Å². The Morgan fingerprint density at radius 2 is 1.76 bits per heavy atom. The van der Waals surface area contributed by atoms with Crippen LogP contribution in [-0.2, 0) is 16.2 Å². The van der Waals surface area contributed by atoms with E-state index in [-0.39, 0.29) is 10.7 Å². The number of hydrogen-bond acceptors (Lipinski definition) is 5. The van der Waals surface area contributed by atoms with Crippen molar-refractivity contribution >= 4 is 63.5 Å². The maximum atomic E-state index is 13.3. The third-order valence-corrected chi connectivity index (χ3v) is 6.27. The zero-order valence-corrected chi connectivity index (χ0v) is 21.5. The average molecular weight is 584 g/mol. The monoisotopic (exact) mass is 584 g/mol. The highest BCUT2D eigenvalue weighted by Gasteiger charge is 2.34. The SMILES string of the molecule is COc1cc(/C=C2\C(=O)NC(=S)N(c3ccc(C)cc3)C2=O)cc(I)c1OCc1ccccc1. The minimum atomic E-state index is -0.545. The zero-order chi connectivity index (χ0) is 24.2. The highest BCUT2D eigenvalue weighted by atomic mass is 127. The maximum absolute atomic E-state index is 13.3. The molecule has 1 saturated heterocycles. The number of carbonyl (C=O) groups is 2. The number of benzene rings is 3. The van der Waals surface area contributed by atoms with E-state index >= 15 is 0 Å². The summed E-state index contributed by atoms with van der Waals surface area (Å²) in [7, 11) is 1.55. The minimum Gasteiger partial charge on any atom is -0.493 e. The van der Waals surface area contributed by atoms with E-state index in [2.05, 4.69) is 27.9 Å². The highest BCUT2D eigenvalue weighted by Crippen LogP contribution is 2.35. The van der Waals surface area contributed by atoms with Crippen molar-refractivity contribution in [1.82, 2.24) is 5.32 Å². The fourth-order valence-corrected chi connectivity index (χ4v) is 4.51. The van der Waals surface area contributed by atoms with Gasteiger partial charge >= 0.3 is 0 Å². The number of anilines is 1. The third-order valence-electron chi connectivity index (χ3n) is 5.18. The van der Waals surface area contributed by atoms with Crippen LogP contribution in [0.2, 0.25) is 0 Å². The predicted octanol–water partition coefficient (Wildman–Crippen LogP) is 5.02. The van der Waals surface area contributed by atoms with Crippen molar-refractivity contribution in [2.45, 2.75) is 13.5 Å². The number of hydrogen-bond donors (Lipinski definition) is 1. The first-order chi connectivity index (χ1) is 16.4. The number of methoxy groups -OCH3 is 1. The molecule has 1 aliphatic rings. The number of amides is 2. The third kappa shape index (κ3) is 5.13. The molecular weight excluding hydrogens is 563 g/mol. The lowest BCUT2D eigenvalue weighted by molar-refractivity contribution is -0.122. The molecule has 1 heterocycles. The topological polar surface area (TPSA) is 67.9 Å². The van der Waals surface area contributed by atoms with E-state index in [1.54, 1.807) is 25.3 Å². The Kier molecular flexibility index (Phi) is 7.28. The first-order valence-corrected chi connectivity index (χ1v) is 11.9. The van der Waals surface area contributed by atoms with E-state index in [1.807, 2.05) is 55.5 Å². The molecule has 0 atom stereocenters. The Morgan fingerprint density at radius 1 is 1.06 bits per heavy atom. The Labute approximate surface area is 216 Å². The zero-order valence-electron chi connectivity index (χ0n) is 18.5. The fraction of sp³-hybridized carbons (Fsp3) is 0.115. The molecule has 3 aromatic carbocycles. The Hall–Kier alpha value is -3.24. The summed E-state index contributed by atoms with van der Waals surface area (Å²) in [4.78, 5) is 27.2. The number of nitrogens with one attached hydrogen (secondary N) is 1. The molecule has 4 rings (SSSR count). The van der Waals surface area contributed by atoms with Gasteiger partial charge in [0.1, 0.15) is 12.2 Å². The van der Waals surface area contributed by atoms with Crippen molar-refractivity contribution in [3.05, 3.63) is 92.6 Å². The summed E-state index contributed by atoms with van der Waals surface area (Å²) in [6.07, 6.45) is 1.53. The number of halogens is 1. The molecule has 1 N–H and O–H groups in total. The van der Waals surface area contributed by atoms with Gasteiger partial charge in [-0.05, 0) is 83.2 Å². The van der Waals surface area contributed by atoms with Crippen LogP contribution in [0.5, 0.6) is 11.5 Å². The number of nitrogens with zero attached hydrogens (tertiary/aromatic N) is 1. The summed E-state index contributed by atoms with van der Waals surface area (Å²) in [5.74, 6) is 0.0629. The van der Waals surface area contributed by atoms with E-state index in [4.69, 9.17) is 21.7 Å². The van der Waals surface area contributed by atoms with E-state index in [9.17, 15) is 9.59 Å². The fourth-order valence-electron chi connectivity index (χ4n) is 3.45. The standard InChI is InChI=1S/C26H21IN2O4S/c1-16-8-10-19(11-9-16)29-25(31)20(24(30)28-26(29)34)12-18-13-21(27)23(22(14-18)32-2)33-15-17-6-4-3-5-7-17/h3-14H,15H2,1-2H3,(H,28,30,34)/b20-12+. The van der Waals surface area contributed by atoms with Crippen LogP contribution >= 0.6 is 34.8 Å². The summed E-state index contributed by atoms with van der Waals surface area (Å²) in [5, 5.41) is 2.66. The molecule has 0 unspecified atom stereocenters. The number of rotatable bonds is 6. The minimum absolute atomic E-state index is 0.0232. The van der Waals surface area contributed by atoms with Crippen LogP contribution in [0.15, 0.2) is 72.3 Å². The molecule has 172 valence electrons. The normalized spacial score (nSPS) is 14.9. The molecule has 1 fully saturated rings. The summed E-state index contributed by atoms with van der Waals surface area (Å²) >= 11 is 7.42. The molecule has 2 amide bonds. The van der Waals surface area contributed by atoms with Crippen molar-refractivity contribution in [2.75, 3.05) is 12.0 Å². The van der Waals surface area contributed by atoms with Crippen molar-refractivity contribution in [1.29, 1.82) is 0 Å². The second-order valence-corrected chi connectivity index (χ2v) is 9.15. The van der Waals surface area contributed by atoms with Gasteiger partial charge in [-0.1, -0.05) is 48.0 Å². The van der Waals surface area contributed by atoms with Gasteiger partial charge in [0, 0.05) is 0 Å². The van der Waals surface area contributed by atoms with Gasteiger partial charge in [0.05, 0.1) is 16.4 Å². The molecule has 0 radical (unpaired) electrons. The van der Waals surface area contributed by atoms with Crippen LogP contribution in [0, 0.1) is 10.5 Å². The second-order valence-electron chi connectivity index (χ2n) is 7.60. The largest absolute Gasteiger partial charge is 0.493 e. The van der Waals surface area contributed by atoms with Gasteiger partial charge in [0.2, 0.25) is 0 Å².